The lowest BCUT2D eigenvalue weighted by Gasteiger charge is -2.17. The van der Waals surface area contributed by atoms with E-state index in [9.17, 15) is 4.57 Å². The molecule has 1 aliphatic heterocycles. The molecular weight excluding hydrogens is 143 g/mol. The Morgan fingerprint density at radius 2 is 2.33 bits per heavy atom. The zero-order valence-corrected chi connectivity index (χ0v) is 6.00. The highest BCUT2D eigenvalue weighted by molar-refractivity contribution is 7.33. The third-order valence-corrected chi connectivity index (χ3v) is 1.80. The van der Waals surface area contributed by atoms with Crippen LogP contribution in [0.5, 0.6) is 0 Å². The topological polar surface area (TPSA) is 96.5 Å². The van der Waals surface area contributed by atoms with Crippen molar-refractivity contribution < 1.29 is 13.6 Å². The molecule has 1 saturated heterocycles. The van der Waals surface area contributed by atoms with Gasteiger partial charge in [-0.2, -0.15) is 0 Å². The lowest BCUT2D eigenvalue weighted by molar-refractivity contribution is 0.101. The second-order valence-corrected chi connectivity index (χ2v) is 2.57. The molecule has 56 valence electrons. The van der Waals surface area contributed by atoms with Crippen molar-refractivity contribution in [2.45, 2.75) is 12.6 Å². The normalized spacial score (nSPS) is 35.2. The van der Waals surface area contributed by atoms with Gasteiger partial charge in [-0.3, -0.25) is 9.09 Å². The Kier molecular flexibility index (Phi) is 4.01. The van der Waals surface area contributed by atoms with Gasteiger partial charge in [0.15, 0.2) is 0 Å². The summed E-state index contributed by atoms with van der Waals surface area (Å²) in [5.41, 5.74) is 5.25. The van der Waals surface area contributed by atoms with E-state index in [1.165, 1.54) is 0 Å². The third-order valence-electron chi connectivity index (χ3n) is 0.870. The summed E-state index contributed by atoms with van der Waals surface area (Å²) in [7, 11) is -2.22. The summed E-state index contributed by atoms with van der Waals surface area (Å²) in [6.07, 6.45) is 0.256. The Bertz CT molecular complexity index is 109. The van der Waals surface area contributed by atoms with Crippen LogP contribution < -0.4 is 11.9 Å². The van der Waals surface area contributed by atoms with Crippen molar-refractivity contribution in [2.75, 3.05) is 6.61 Å². The van der Waals surface area contributed by atoms with Gasteiger partial charge in [0.1, 0.15) is 6.23 Å². The molecule has 6 heteroatoms. The van der Waals surface area contributed by atoms with Gasteiger partial charge < -0.3 is 16.4 Å². The molecule has 0 aromatic heterocycles. The molecular formula is C3H11N2O3P. The van der Waals surface area contributed by atoms with Crippen LogP contribution in [0, 0.1) is 0 Å². The van der Waals surface area contributed by atoms with Gasteiger partial charge in [0.05, 0.1) is 6.61 Å². The Morgan fingerprint density at radius 3 is 2.67 bits per heavy atom. The summed E-state index contributed by atoms with van der Waals surface area (Å²) in [6, 6.07) is 0. The average Bonchev–Trinajstić information content (AvgIpc) is 1.64. The van der Waals surface area contributed by atoms with Gasteiger partial charge in [0.2, 0.25) is 0 Å². The molecule has 1 aliphatic rings. The number of nitrogens with two attached hydrogens (primary N) is 1. The van der Waals surface area contributed by atoms with E-state index in [4.69, 9.17) is 5.73 Å². The predicted octanol–water partition coefficient (Wildman–Crippen LogP) is 0.260. The van der Waals surface area contributed by atoms with Crippen LogP contribution in [0.25, 0.3) is 0 Å². The first-order chi connectivity index (χ1) is 3.79. The maximum absolute atomic E-state index is 10.3. The van der Waals surface area contributed by atoms with Crippen LogP contribution in [0.15, 0.2) is 0 Å². The standard InChI is InChI=1S/C3H8NO3P.H3N/c4-3-1-2-6-8(5)7-3;/h3,8H,1-2,4H2;1H3. The second-order valence-electron chi connectivity index (χ2n) is 1.54. The highest BCUT2D eigenvalue weighted by Crippen LogP contribution is 2.29. The van der Waals surface area contributed by atoms with Crippen LogP contribution in [0.2, 0.25) is 0 Å². The lowest BCUT2D eigenvalue weighted by Crippen LogP contribution is -2.25. The zero-order chi connectivity index (χ0) is 5.98. The molecule has 0 bridgehead atoms. The fraction of sp³-hybridized carbons (Fsp3) is 1.00. The molecule has 0 aliphatic carbocycles. The summed E-state index contributed by atoms with van der Waals surface area (Å²) in [6.45, 7) is 0.457. The van der Waals surface area contributed by atoms with E-state index in [2.05, 4.69) is 9.05 Å². The first-order valence-electron chi connectivity index (χ1n) is 2.38. The molecule has 1 rings (SSSR count). The van der Waals surface area contributed by atoms with E-state index in [1.54, 1.807) is 0 Å². The van der Waals surface area contributed by atoms with Gasteiger partial charge in [-0.25, -0.2) is 0 Å². The van der Waals surface area contributed by atoms with Gasteiger partial charge in [0, 0.05) is 6.42 Å². The molecule has 0 amide bonds. The summed E-state index contributed by atoms with van der Waals surface area (Å²) in [5, 5.41) is 0. The molecule has 0 saturated carbocycles. The minimum Gasteiger partial charge on any atom is -0.344 e. The Morgan fingerprint density at radius 1 is 1.67 bits per heavy atom. The van der Waals surface area contributed by atoms with E-state index in [1.807, 2.05) is 0 Å². The summed E-state index contributed by atoms with van der Waals surface area (Å²) < 4.78 is 19.5. The molecule has 5 nitrogen and oxygen atoms in total. The molecule has 1 heterocycles. The van der Waals surface area contributed by atoms with Crippen molar-refractivity contribution in [1.82, 2.24) is 6.15 Å². The fourth-order valence-electron chi connectivity index (χ4n) is 0.475. The highest BCUT2D eigenvalue weighted by Gasteiger charge is 2.13. The molecule has 0 aromatic rings. The van der Waals surface area contributed by atoms with Gasteiger partial charge >= 0.3 is 8.25 Å². The number of hydrogen-bond donors (Lipinski definition) is 2. The molecule has 2 atom stereocenters. The van der Waals surface area contributed by atoms with Crippen molar-refractivity contribution in [2.24, 2.45) is 5.73 Å². The van der Waals surface area contributed by atoms with Crippen molar-refractivity contribution in [3.63, 3.8) is 0 Å². The van der Waals surface area contributed by atoms with Crippen LogP contribution in [0.4, 0.5) is 0 Å². The van der Waals surface area contributed by atoms with Crippen molar-refractivity contribution in [3.05, 3.63) is 0 Å². The van der Waals surface area contributed by atoms with Crippen LogP contribution in [0.1, 0.15) is 6.42 Å². The zero-order valence-electron chi connectivity index (χ0n) is 5.00. The minimum absolute atomic E-state index is 0. The van der Waals surface area contributed by atoms with E-state index in [-0.39, 0.29) is 12.4 Å². The number of rotatable bonds is 0. The first-order valence-corrected chi connectivity index (χ1v) is 3.60. The van der Waals surface area contributed by atoms with Gasteiger partial charge in [-0.15, -0.1) is 0 Å². The molecule has 0 radical (unpaired) electrons. The van der Waals surface area contributed by atoms with Gasteiger partial charge in [-0.05, 0) is 0 Å². The summed E-state index contributed by atoms with van der Waals surface area (Å²) in [4.78, 5) is 0. The van der Waals surface area contributed by atoms with E-state index >= 15 is 0 Å². The quantitative estimate of drug-likeness (QED) is 0.488. The third kappa shape index (κ3) is 2.93. The van der Waals surface area contributed by atoms with Crippen molar-refractivity contribution in [3.8, 4) is 0 Å². The highest BCUT2D eigenvalue weighted by atomic mass is 31.1. The van der Waals surface area contributed by atoms with E-state index in [0.717, 1.165) is 0 Å². The maximum atomic E-state index is 10.3. The molecule has 2 unspecified atom stereocenters. The van der Waals surface area contributed by atoms with Crippen LogP contribution in [-0.4, -0.2) is 12.8 Å². The second kappa shape index (κ2) is 3.98. The minimum atomic E-state index is -2.22. The molecule has 0 spiro atoms. The summed E-state index contributed by atoms with van der Waals surface area (Å²) in [5.74, 6) is 0. The Hall–Kier alpha value is 0.0700. The number of hydrogen-bond acceptors (Lipinski definition) is 5. The SMILES string of the molecule is N.NC1CCO[PH](=O)O1. The van der Waals surface area contributed by atoms with Crippen molar-refractivity contribution >= 4 is 8.25 Å². The van der Waals surface area contributed by atoms with Gasteiger partial charge in [0.25, 0.3) is 0 Å². The molecule has 9 heavy (non-hydrogen) atoms. The lowest BCUT2D eigenvalue weighted by atomic mass is 10.4. The van der Waals surface area contributed by atoms with E-state index < -0.39 is 8.25 Å². The molecule has 5 N–H and O–H groups in total. The van der Waals surface area contributed by atoms with Crippen LogP contribution in [0.3, 0.4) is 0 Å². The summed E-state index contributed by atoms with van der Waals surface area (Å²) >= 11 is 0. The van der Waals surface area contributed by atoms with Crippen molar-refractivity contribution in [1.29, 1.82) is 0 Å². The smallest absolute Gasteiger partial charge is 0.320 e. The fourth-order valence-corrected chi connectivity index (χ4v) is 1.19. The Labute approximate surface area is 54.0 Å². The van der Waals surface area contributed by atoms with E-state index in [0.29, 0.717) is 13.0 Å². The van der Waals surface area contributed by atoms with Crippen LogP contribution in [-0.2, 0) is 13.6 Å². The first kappa shape index (κ1) is 9.07. The molecule has 0 aromatic carbocycles. The van der Waals surface area contributed by atoms with Crippen LogP contribution >= 0.6 is 8.25 Å². The average molecular weight is 154 g/mol. The Balaban J connectivity index is 0.000000640. The maximum Gasteiger partial charge on any atom is 0.320 e. The monoisotopic (exact) mass is 154 g/mol. The van der Waals surface area contributed by atoms with Gasteiger partial charge in [-0.1, -0.05) is 0 Å². The largest absolute Gasteiger partial charge is 0.344 e. The predicted molar refractivity (Wildman–Crippen MR) is 33.7 cm³/mol. The molecule has 1 fully saturated rings.